The largest absolute Gasteiger partial charge is 0.294 e. The van der Waals surface area contributed by atoms with Crippen LogP contribution in [0, 0.1) is 46.8 Å². The van der Waals surface area contributed by atoms with Crippen molar-refractivity contribution in [2.75, 3.05) is 0 Å². The van der Waals surface area contributed by atoms with E-state index in [9.17, 15) is 30.9 Å². The molecule has 0 saturated heterocycles. The Balaban J connectivity index is 0.000000248. The first-order chi connectivity index (χ1) is 16.2. The summed E-state index contributed by atoms with van der Waals surface area (Å²) in [6.07, 6.45) is 10.4. The van der Waals surface area contributed by atoms with Crippen LogP contribution in [-0.2, 0) is 6.67 Å². The Labute approximate surface area is 194 Å². The molecule has 2 aromatic carbocycles. The zero-order valence-electron chi connectivity index (χ0n) is 18.8. The molecule has 34 heavy (non-hydrogen) atoms. The molecule has 8 heteroatoms. The molecule has 2 aromatic rings. The van der Waals surface area contributed by atoms with E-state index in [0.29, 0.717) is 23.6 Å². The van der Waals surface area contributed by atoms with Gasteiger partial charge in [-0.2, -0.15) is 0 Å². The fraction of sp³-hybridized carbons (Fsp3) is 0.462. The number of rotatable bonds is 4. The van der Waals surface area contributed by atoms with Gasteiger partial charge in [0.15, 0.2) is 23.2 Å². The predicted molar refractivity (Wildman–Crippen MR) is 116 cm³/mol. The van der Waals surface area contributed by atoms with Crippen LogP contribution in [0.5, 0.6) is 5.75 Å². The minimum atomic E-state index is -1.65. The van der Waals surface area contributed by atoms with Crippen LogP contribution in [0.3, 0.4) is 0 Å². The van der Waals surface area contributed by atoms with Gasteiger partial charge in [0, 0.05) is 16.7 Å². The van der Waals surface area contributed by atoms with E-state index in [-0.39, 0.29) is 0 Å². The molecule has 0 spiro atoms. The predicted octanol–water partition coefficient (Wildman–Crippen LogP) is 8.81. The lowest BCUT2D eigenvalue weighted by atomic mass is 9.71. The van der Waals surface area contributed by atoms with Crippen molar-refractivity contribution in [3.63, 3.8) is 0 Å². The standard InChI is InChI=1S/C20H25F3.C6H2F4O/c1-13-2-4-14(5-3-13)15-6-8-16(9-7-15)17-10-19(22)18(12-21)20(23)11-17;7-4-1-3(11-10)2-5(8)6(4)9/h8,10-11,13-15H,2-7,9,12H2,1H3;1-2H. The Morgan fingerprint density at radius 2 is 1.38 bits per heavy atom. The van der Waals surface area contributed by atoms with Crippen molar-refractivity contribution in [2.24, 2.45) is 17.8 Å². The number of alkyl halides is 1. The zero-order chi connectivity index (χ0) is 24.8. The van der Waals surface area contributed by atoms with Gasteiger partial charge in [0.05, 0.1) is 5.56 Å². The Morgan fingerprint density at radius 1 is 0.794 bits per heavy atom. The highest BCUT2D eigenvalue weighted by Crippen LogP contribution is 2.41. The second-order valence-corrected chi connectivity index (χ2v) is 9.11. The summed E-state index contributed by atoms with van der Waals surface area (Å²) in [6, 6.07) is 3.37. The van der Waals surface area contributed by atoms with E-state index in [0.717, 1.165) is 36.7 Å². The van der Waals surface area contributed by atoms with Crippen molar-refractivity contribution in [3.05, 3.63) is 70.6 Å². The highest BCUT2D eigenvalue weighted by Gasteiger charge is 2.27. The van der Waals surface area contributed by atoms with E-state index in [2.05, 4.69) is 17.9 Å². The van der Waals surface area contributed by atoms with E-state index in [4.69, 9.17) is 0 Å². The molecular weight excluding hydrogens is 461 g/mol. The van der Waals surface area contributed by atoms with Crippen LogP contribution in [0.2, 0.25) is 0 Å². The van der Waals surface area contributed by atoms with Crippen molar-refractivity contribution in [3.8, 4) is 5.75 Å². The lowest BCUT2D eigenvalue weighted by Gasteiger charge is -2.34. The van der Waals surface area contributed by atoms with Crippen molar-refractivity contribution in [2.45, 2.75) is 58.5 Å². The summed E-state index contributed by atoms with van der Waals surface area (Å²) in [5, 5.41) is 0. The molecule has 0 aromatic heterocycles. The SMILES string of the molecule is CC1CCC(C2CC=C(c3cc(F)c(CF)c(F)c3)CC2)CC1.FOc1cc(F)c(F)c(F)c1. The average Bonchev–Trinajstić information content (AvgIpc) is 2.83. The van der Waals surface area contributed by atoms with Crippen LogP contribution in [-0.4, -0.2) is 0 Å². The number of hydrogen-bond donors (Lipinski definition) is 0. The molecule has 1 atom stereocenters. The maximum absolute atomic E-state index is 13.8. The fourth-order valence-electron chi connectivity index (χ4n) is 4.79. The second kappa shape index (κ2) is 11.8. The first kappa shape index (κ1) is 26.1. The molecule has 4 rings (SSSR count). The quantitative estimate of drug-likeness (QED) is 0.309. The van der Waals surface area contributed by atoms with Gasteiger partial charge in [0.2, 0.25) is 0 Å². The third-order valence-corrected chi connectivity index (χ3v) is 6.87. The molecule has 1 nitrogen and oxygen atoms in total. The normalized spacial score (nSPS) is 22.5. The smallest absolute Gasteiger partial charge is 0.194 e. The van der Waals surface area contributed by atoms with Crippen molar-refractivity contribution >= 4 is 5.57 Å². The van der Waals surface area contributed by atoms with Crippen LogP contribution < -0.4 is 4.94 Å². The van der Waals surface area contributed by atoms with E-state index < -0.39 is 47.1 Å². The fourth-order valence-corrected chi connectivity index (χ4v) is 4.79. The van der Waals surface area contributed by atoms with Crippen LogP contribution in [0.15, 0.2) is 30.3 Å². The van der Waals surface area contributed by atoms with Gasteiger partial charge in [0.1, 0.15) is 18.3 Å². The summed E-state index contributed by atoms with van der Waals surface area (Å²) in [6.45, 7) is 1.23. The van der Waals surface area contributed by atoms with Crippen molar-refractivity contribution in [1.29, 1.82) is 0 Å². The van der Waals surface area contributed by atoms with E-state index in [1.165, 1.54) is 37.8 Å². The minimum Gasteiger partial charge on any atom is -0.294 e. The summed E-state index contributed by atoms with van der Waals surface area (Å²) in [5.74, 6) is -4.49. The van der Waals surface area contributed by atoms with Gasteiger partial charge in [-0.3, -0.25) is 4.94 Å². The highest BCUT2D eigenvalue weighted by atomic mass is 19.3. The van der Waals surface area contributed by atoms with E-state index in [1.54, 1.807) is 0 Å². The van der Waals surface area contributed by atoms with Crippen LogP contribution in [0.25, 0.3) is 5.57 Å². The number of hydrogen-bond acceptors (Lipinski definition) is 1. The number of allylic oxidation sites excluding steroid dienone is 2. The van der Waals surface area contributed by atoms with E-state index in [1.807, 2.05) is 0 Å². The Hall–Kier alpha value is -2.51. The van der Waals surface area contributed by atoms with Crippen LogP contribution in [0.1, 0.15) is 63.0 Å². The summed E-state index contributed by atoms with van der Waals surface area (Å²) in [7, 11) is 0. The number of halogens is 7. The molecular formula is C26H27F7O. The molecule has 0 bridgehead atoms. The van der Waals surface area contributed by atoms with Crippen LogP contribution >= 0.6 is 0 Å². The Morgan fingerprint density at radius 3 is 1.85 bits per heavy atom. The molecule has 0 amide bonds. The molecule has 2 aliphatic carbocycles. The average molecular weight is 488 g/mol. The summed E-state index contributed by atoms with van der Waals surface area (Å²) >= 11 is 0. The molecule has 2 aliphatic rings. The topological polar surface area (TPSA) is 9.23 Å². The van der Waals surface area contributed by atoms with Crippen molar-refractivity contribution < 1.29 is 35.8 Å². The van der Waals surface area contributed by atoms with Gasteiger partial charge in [-0.1, -0.05) is 25.8 Å². The zero-order valence-corrected chi connectivity index (χ0v) is 18.8. The Bertz CT molecular complexity index is 966. The summed E-state index contributed by atoms with van der Waals surface area (Å²) in [4.78, 5) is 2.98. The molecule has 0 radical (unpaired) electrons. The third-order valence-electron chi connectivity index (χ3n) is 6.87. The van der Waals surface area contributed by atoms with Gasteiger partial charge < -0.3 is 0 Å². The molecule has 0 aliphatic heterocycles. The van der Waals surface area contributed by atoms with Gasteiger partial charge in [-0.15, -0.1) is 0 Å². The molecule has 1 fully saturated rings. The summed E-state index contributed by atoms with van der Waals surface area (Å²) < 4.78 is 87.8. The molecule has 1 saturated carbocycles. The van der Waals surface area contributed by atoms with Gasteiger partial charge >= 0.3 is 0 Å². The molecule has 186 valence electrons. The van der Waals surface area contributed by atoms with Gasteiger partial charge in [-0.05, 0) is 73.1 Å². The molecule has 0 N–H and O–H groups in total. The second-order valence-electron chi connectivity index (χ2n) is 9.11. The first-order valence-electron chi connectivity index (χ1n) is 11.4. The maximum Gasteiger partial charge on any atom is 0.194 e. The first-order valence-corrected chi connectivity index (χ1v) is 11.4. The maximum atomic E-state index is 13.8. The van der Waals surface area contributed by atoms with E-state index >= 15 is 0 Å². The van der Waals surface area contributed by atoms with Crippen molar-refractivity contribution in [1.82, 2.24) is 0 Å². The van der Waals surface area contributed by atoms with Crippen LogP contribution in [0.4, 0.5) is 30.9 Å². The molecule has 0 heterocycles. The summed E-state index contributed by atoms with van der Waals surface area (Å²) in [5.41, 5.74) is 1.13. The highest BCUT2D eigenvalue weighted by molar-refractivity contribution is 5.66. The lowest BCUT2D eigenvalue weighted by Crippen LogP contribution is -2.22. The monoisotopic (exact) mass is 488 g/mol. The molecule has 1 unspecified atom stereocenters. The Kier molecular flexibility index (Phi) is 9.03. The van der Waals surface area contributed by atoms with Gasteiger partial charge in [-0.25, -0.2) is 26.3 Å². The minimum absolute atomic E-state index is 0.401. The third kappa shape index (κ3) is 6.33. The lowest BCUT2D eigenvalue weighted by molar-refractivity contribution is -0.00711. The number of benzene rings is 2. The van der Waals surface area contributed by atoms with Gasteiger partial charge in [0.25, 0.3) is 0 Å².